The lowest BCUT2D eigenvalue weighted by atomic mass is 10.1. The number of thiophene rings is 1. The first-order chi connectivity index (χ1) is 24.2. The summed E-state index contributed by atoms with van der Waals surface area (Å²) in [6.45, 7) is 5.87. The summed E-state index contributed by atoms with van der Waals surface area (Å²) in [5.41, 5.74) is 6.04. The lowest BCUT2D eigenvalue weighted by Crippen LogP contribution is -2.47. The van der Waals surface area contributed by atoms with E-state index in [2.05, 4.69) is 71.4 Å². The molecule has 0 spiro atoms. The van der Waals surface area contributed by atoms with Crippen LogP contribution >= 0.6 is 11.3 Å². The van der Waals surface area contributed by atoms with Crippen LogP contribution in [-0.2, 0) is 32.6 Å². The van der Waals surface area contributed by atoms with E-state index in [1.54, 1.807) is 16.0 Å². The summed E-state index contributed by atoms with van der Waals surface area (Å²) in [6, 6.07) is 22.5. The van der Waals surface area contributed by atoms with Crippen LogP contribution in [0.1, 0.15) is 38.6 Å². The van der Waals surface area contributed by atoms with Crippen LogP contribution in [0.4, 0.5) is 17.3 Å². The number of hydrogen-bond acceptors (Lipinski definition) is 10. The Balaban J connectivity index is 0.897. The van der Waals surface area contributed by atoms with Gasteiger partial charge in [0.05, 0.1) is 29.7 Å². The molecule has 12 nitrogen and oxygen atoms in total. The van der Waals surface area contributed by atoms with Gasteiger partial charge < -0.3 is 20.4 Å². The molecule has 0 radical (unpaired) electrons. The highest BCUT2D eigenvalue weighted by Gasteiger charge is 2.27. The van der Waals surface area contributed by atoms with Gasteiger partial charge in [-0.25, -0.2) is 14.6 Å². The molecular weight excluding hydrogens is 635 g/mol. The van der Waals surface area contributed by atoms with E-state index in [1.165, 1.54) is 4.88 Å². The number of benzene rings is 1. The van der Waals surface area contributed by atoms with Crippen LogP contribution in [0, 0.1) is 0 Å². The van der Waals surface area contributed by atoms with Crippen molar-refractivity contribution in [1.82, 2.24) is 40.1 Å². The highest BCUT2D eigenvalue weighted by molar-refractivity contribution is 7.09. The van der Waals surface area contributed by atoms with E-state index < -0.39 is 0 Å². The van der Waals surface area contributed by atoms with Gasteiger partial charge in [-0.05, 0) is 60.2 Å². The summed E-state index contributed by atoms with van der Waals surface area (Å²) in [4.78, 5) is 28.7. The van der Waals surface area contributed by atoms with Gasteiger partial charge in [0, 0.05) is 74.3 Å². The van der Waals surface area contributed by atoms with Crippen LogP contribution in [0.25, 0.3) is 11.3 Å². The van der Waals surface area contributed by atoms with Crippen molar-refractivity contribution in [3.05, 3.63) is 118 Å². The summed E-state index contributed by atoms with van der Waals surface area (Å²) in [7, 11) is 0. The fourth-order valence-electron chi connectivity index (χ4n) is 6.50. The van der Waals surface area contributed by atoms with Gasteiger partial charge in [-0.2, -0.15) is 5.10 Å². The van der Waals surface area contributed by atoms with Crippen molar-refractivity contribution >= 4 is 34.6 Å². The molecule has 248 valence electrons. The number of aromatic nitrogens is 7. The lowest BCUT2D eigenvalue weighted by Gasteiger charge is -2.36. The quantitative estimate of drug-likeness (QED) is 0.199. The number of aryl methyl sites for hydroxylation is 1. The molecule has 1 amide bonds. The maximum atomic E-state index is 13.7. The van der Waals surface area contributed by atoms with Crippen molar-refractivity contribution < 1.29 is 4.79 Å². The first kappa shape index (κ1) is 30.8. The summed E-state index contributed by atoms with van der Waals surface area (Å²) < 4.78 is 3.73. The Kier molecular flexibility index (Phi) is 8.72. The Bertz CT molecular complexity index is 2010. The molecule has 0 bridgehead atoms. The number of piperazine rings is 1. The Morgan fingerprint density at radius 2 is 1.76 bits per heavy atom. The molecule has 1 saturated heterocycles. The first-order valence-corrected chi connectivity index (χ1v) is 17.5. The molecule has 6 aromatic rings. The summed E-state index contributed by atoms with van der Waals surface area (Å²) >= 11 is 1.73. The first-order valence-electron chi connectivity index (χ1n) is 16.7. The molecule has 0 unspecified atom stereocenters. The van der Waals surface area contributed by atoms with Gasteiger partial charge in [-0.1, -0.05) is 35.5 Å². The maximum absolute atomic E-state index is 13.7. The summed E-state index contributed by atoms with van der Waals surface area (Å²) in [6.07, 6.45) is 7.41. The molecule has 7 heterocycles. The number of rotatable bonds is 11. The molecule has 0 saturated carbocycles. The van der Waals surface area contributed by atoms with Crippen LogP contribution in [0.2, 0.25) is 0 Å². The second-order valence-electron chi connectivity index (χ2n) is 12.3. The number of nitrogens with zero attached hydrogens (tertiary/aromatic N) is 9. The number of nitrogens with one attached hydrogen (secondary N) is 2. The minimum absolute atomic E-state index is 0.127. The van der Waals surface area contributed by atoms with Crippen molar-refractivity contribution in [3.8, 4) is 11.3 Å². The van der Waals surface area contributed by atoms with Crippen molar-refractivity contribution in [2.45, 2.75) is 39.0 Å². The predicted molar refractivity (Wildman–Crippen MR) is 191 cm³/mol. The third-order valence-electron chi connectivity index (χ3n) is 9.04. The molecule has 5 aromatic heterocycles. The van der Waals surface area contributed by atoms with Gasteiger partial charge in [-0.15, -0.1) is 16.4 Å². The molecule has 8 rings (SSSR count). The molecular formula is C36H37N11OS. The van der Waals surface area contributed by atoms with Crippen LogP contribution in [-0.4, -0.2) is 66.8 Å². The van der Waals surface area contributed by atoms with Gasteiger partial charge in [0.2, 0.25) is 0 Å². The largest absolute Gasteiger partial charge is 0.380 e. The maximum Gasteiger partial charge on any atom is 0.255 e. The second kappa shape index (κ2) is 13.9. The van der Waals surface area contributed by atoms with E-state index in [1.807, 2.05) is 59.7 Å². The van der Waals surface area contributed by atoms with Gasteiger partial charge in [0.25, 0.3) is 5.91 Å². The van der Waals surface area contributed by atoms with Crippen LogP contribution in [0.15, 0.2) is 90.7 Å². The number of pyridine rings is 2. The van der Waals surface area contributed by atoms with Crippen LogP contribution < -0.4 is 20.4 Å². The Morgan fingerprint density at radius 3 is 2.53 bits per heavy atom. The van der Waals surface area contributed by atoms with E-state index in [0.717, 1.165) is 91.9 Å². The van der Waals surface area contributed by atoms with Gasteiger partial charge >= 0.3 is 0 Å². The predicted octanol–water partition coefficient (Wildman–Crippen LogP) is 4.86. The Labute approximate surface area is 288 Å². The number of carbonyl (C=O) groups is 1. The van der Waals surface area contributed by atoms with E-state index >= 15 is 0 Å². The van der Waals surface area contributed by atoms with Crippen molar-refractivity contribution in [2.24, 2.45) is 0 Å². The molecule has 49 heavy (non-hydrogen) atoms. The number of hydrogen-bond donors (Lipinski definition) is 2. The monoisotopic (exact) mass is 671 g/mol. The van der Waals surface area contributed by atoms with E-state index in [-0.39, 0.29) is 5.91 Å². The molecule has 2 aliphatic rings. The average Bonchev–Trinajstić information content (AvgIpc) is 3.98. The number of anilines is 3. The van der Waals surface area contributed by atoms with Crippen LogP contribution in [0.3, 0.4) is 0 Å². The Hall–Kier alpha value is -5.56. The molecule has 2 N–H and O–H groups in total. The van der Waals surface area contributed by atoms with E-state index in [9.17, 15) is 4.79 Å². The number of carbonyl (C=O) groups excluding carboxylic acids is 1. The minimum Gasteiger partial charge on any atom is -0.380 e. The van der Waals surface area contributed by atoms with Crippen molar-refractivity contribution in [1.29, 1.82) is 0 Å². The molecule has 0 aliphatic carbocycles. The number of fused-ring (bicyclic) bond motifs is 1. The van der Waals surface area contributed by atoms with Crippen LogP contribution in [0.5, 0.6) is 0 Å². The highest BCUT2D eigenvalue weighted by Crippen LogP contribution is 2.25. The zero-order valence-electron chi connectivity index (χ0n) is 27.1. The third kappa shape index (κ3) is 6.88. The zero-order valence-corrected chi connectivity index (χ0v) is 27.9. The fourth-order valence-corrected chi connectivity index (χ4v) is 7.14. The van der Waals surface area contributed by atoms with Crippen molar-refractivity contribution in [2.75, 3.05) is 41.3 Å². The highest BCUT2D eigenvalue weighted by atomic mass is 32.1. The van der Waals surface area contributed by atoms with E-state index in [4.69, 9.17) is 10.1 Å². The molecule has 0 atom stereocenters. The topological polar surface area (TPSA) is 122 Å². The van der Waals surface area contributed by atoms with Gasteiger partial charge in [0.1, 0.15) is 17.3 Å². The molecule has 1 fully saturated rings. The van der Waals surface area contributed by atoms with E-state index in [0.29, 0.717) is 24.3 Å². The van der Waals surface area contributed by atoms with Crippen molar-refractivity contribution in [3.63, 3.8) is 0 Å². The second-order valence-corrected chi connectivity index (χ2v) is 13.3. The summed E-state index contributed by atoms with van der Waals surface area (Å²) in [5, 5.41) is 22.4. The molecule has 2 aliphatic heterocycles. The average molecular weight is 672 g/mol. The summed E-state index contributed by atoms with van der Waals surface area (Å²) in [5.74, 6) is 1.83. The standard InChI is InChI=1S/C36H37N11OS/c48-36(40-22-26-11-12-34(39-21-26)45-17-15-44(16-18-45)33-10-1-2-13-37-33)35-31(42-47-14-4-9-32(35)47)25-46-24-30(41-43-46)27-6-3-7-28(20-27)38-23-29-8-5-19-49-29/h1-3,5-8,10-13,19-21,24,38H,4,9,14-18,22-23,25H2,(H,40,48). The van der Waals surface area contributed by atoms with Gasteiger partial charge in [-0.3, -0.25) is 9.48 Å². The minimum atomic E-state index is -0.127. The van der Waals surface area contributed by atoms with Gasteiger partial charge in [0.15, 0.2) is 0 Å². The number of amides is 1. The molecule has 13 heteroatoms. The fraction of sp³-hybridized carbons (Fsp3) is 0.278. The Morgan fingerprint density at radius 1 is 0.878 bits per heavy atom. The smallest absolute Gasteiger partial charge is 0.255 e. The third-order valence-corrected chi connectivity index (χ3v) is 9.91. The zero-order chi connectivity index (χ0) is 33.0. The normalized spacial score (nSPS) is 14.2. The lowest BCUT2D eigenvalue weighted by molar-refractivity contribution is 0.0949. The molecule has 1 aromatic carbocycles. The SMILES string of the molecule is O=C(NCc1ccc(N2CCN(c3ccccn3)CC2)nc1)c1c(Cn2cc(-c3cccc(NCc4cccs4)c3)nn2)nn2c1CCC2.